The quantitative estimate of drug-likeness (QED) is 0.438. The van der Waals surface area contributed by atoms with Crippen molar-refractivity contribution in [3.63, 3.8) is 0 Å². The molecule has 1 atom stereocenters. The Hall–Kier alpha value is -2.04. The molecule has 1 aliphatic carbocycles. The molecule has 1 aliphatic rings. The molecule has 0 bridgehead atoms. The van der Waals surface area contributed by atoms with E-state index in [1.807, 2.05) is 18.2 Å². The average molecular weight is 251 g/mol. The highest BCUT2D eigenvalue weighted by molar-refractivity contribution is 5.83. The summed E-state index contributed by atoms with van der Waals surface area (Å²) in [6, 6.07) is -0.809. The van der Waals surface area contributed by atoms with Crippen LogP contribution in [0.1, 0.15) is 19.8 Å². The number of nitrogens with one attached hydrogen (secondary N) is 1. The Kier molecular flexibility index (Phi) is 5.17. The molecule has 0 saturated heterocycles. The number of allylic oxidation sites excluding steroid dienone is 4. The number of carboxylic acids is 1. The Labute approximate surface area is 106 Å². The average Bonchev–Trinajstić information content (AvgIpc) is 2.36. The summed E-state index contributed by atoms with van der Waals surface area (Å²) >= 11 is 0. The van der Waals surface area contributed by atoms with Gasteiger partial charge in [0.15, 0.2) is 0 Å². The van der Waals surface area contributed by atoms with Crippen LogP contribution >= 0.6 is 0 Å². The number of carboxylic acid groups (broad SMARTS) is 1. The van der Waals surface area contributed by atoms with Gasteiger partial charge in [-0.1, -0.05) is 18.2 Å². The van der Waals surface area contributed by atoms with Crippen LogP contribution in [0.5, 0.6) is 0 Å². The smallest absolute Gasteiger partial charge is 0.332 e. The van der Waals surface area contributed by atoms with E-state index in [0.29, 0.717) is 12.1 Å². The number of hydrogen-bond acceptors (Lipinski definition) is 4. The van der Waals surface area contributed by atoms with Crippen molar-refractivity contribution in [2.24, 2.45) is 0 Å². The maximum Gasteiger partial charge on any atom is 0.332 e. The van der Waals surface area contributed by atoms with Crippen LogP contribution in [0.3, 0.4) is 0 Å². The van der Waals surface area contributed by atoms with Gasteiger partial charge in [0.05, 0.1) is 7.11 Å². The van der Waals surface area contributed by atoms with E-state index in [4.69, 9.17) is 0 Å². The summed E-state index contributed by atoms with van der Waals surface area (Å²) in [5.41, 5.74) is 1.26. The fraction of sp³-hybridized carbons (Fsp3) is 0.385. The minimum Gasteiger partial charge on any atom is -0.479 e. The van der Waals surface area contributed by atoms with Gasteiger partial charge >= 0.3 is 11.9 Å². The van der Waals surface area contributed by atoms with Crippen molar-refractivity contribution in [3.8, 4) is 0 Å². The van der Waals surface area contributed by atoms with Gasteiger partial charge in [-0.15, -0.1) is 0 Å². The number of rotatable bonds is 5. The van der Waals surface area contributed by atoms with Crippen LogP contribution in [0, 0.1) is 0 Å². The first-order chi connectivity index (χ1) is 8.54. The van der Waals surface area contributed by atoms with Crippen molar-refractivity contribution in [2.75, 3.05) is 7.11 Å². The molecular formula is C13H17NO4. The monoisotopic (exact) mass is 251 g/mol. The van der Waals surface area contributed by atoms with E-state index in [1.165, 1.54) is 13.2 Å². The minimum atomic E-state index is -0.964. The van der Waals surface area contributed by atoms with Gasteiger partial charge in [-0.2, -0.15) is 0 Å². The van der Waals surface area contributed by atoms with Gasteiger partial charge in [-0.25, -0.2) is 9.59 Å². The number of carbonyl (C=O) groups is 2. The fourth-order valence-corrected chi connectivity index (χ4v) is 1.67. The number of aliphatic carboxylic acids is 1. The van der Waals surface area contributed by atoms with Gasteiger partial charge in [0.25, 0.3) is 0 Å². The van der Waals surface area contributed by atoms with Crippen molar-refractivity contribution >= 4 is 11.9 Å². The Morgan fingerprint density at radius 2 is 2.22 bits per heavy atom. The molecule has 0 aliphatic heterocycles. The normalized spacial score (nSPS) is 16.8. The molecule has 0 radical (unpaired) electrons. The summed E-state index contributed by atoms with van der Waals surface area (Å²) in [6.45, 7) is 1.63. The first-order valence-corrected chi connectivity index (χ1v) is 5.64. The van der Waals surface area contributed by atoms with Crippen molar-refractivity contribution in [2.45, 2.75) is 25.8 Å². The molecule has 0 heterocycles. The van der Waals surface area contributed by atoms with E-state index in [-0.39, 0.29) is 0 Å². The van der Waals surface area contributed by atoms with E-state index in [1.54, 1.807) is 6.92 Å². The summed E-state index contributed by atoms with van der Waals surface area (Å²) in [7, 11) is 1.27. The van der Waals surface area contributed by atoms with Crippen LogP contribution in [-0.4, -0.2) is 30.2 Å². The SMILES string of the molecule is COC(=O)/C=C(/C)N[C@H](C(=O)O)C1=CCC=CC1. The number of hydrogen-bond donors (Lipinski definition) is 2. The zero-order valence-corrected chi connectivity index (χ0v) is 10.5. The van der Waals surface area contributed by atoms with E-state index >= 15 is 0 Å². The van der Waals surface area contributed by atoms with Crippen LogP contribution in [0.15, 0.2) is 35.6 Å². The molecule has 1 rings (SSSR count). The van der Waals surface area contributed by atoms with Gasteiger partial charge < -0.3 is 15.2 Å². The van der Waals surface area contributed by atoms with E-state index in [9.17, 15) is 14.7 Å². The Bertz CT molecular complexity index is 421. The third-order valence-electron chi connectivity index (χ3n) is 2.56. The minimum absolute atomic E-state index is 0.463. The van der Waals surface area contributed by atoms with Gasteiger partial charge in [0.1, 0.15) is 6.04 Å². The molecule has 0 aromatic rings. The second kappa shape index (κ2) is 6.64. The lowest BCUT2D eigenvalue weighted by Crippen LogP contribution is -2.37. The number of esters is 1. The number of carbonyl (C=O) groups excluding carboxylic acids is 1. The first-order valence-electron chi connectivity index (χ1n) is 5.64. The lowest BCUT2D eigenvalue weighted by molar-refractivity contribution is -0.138. The largest absolute Gasteiger partial charge is 0.479 e. The molecule has 2 N–H and O–H groups in total. The number of ether oxygens (including phenoxy) is 1. The lowest BCUT2D eigenvalue weighted by Gasteiger charge is -2.20. The molecule has 0 saturated carbocycles. The molecule has 18 heavy (non-hydrogen) atoms. The zero-order chi connectivity index (χ0) is 13.5. The maximum absolute atomic E-state index is 11.2. The van der Waals surface area contributed by atoms with Gasteiger partial charge in [0, 0.05) is 11.8 Å². The fourth-order valence-electron chi connectivity index (χ4n) is 1.67. The zero-order valence-electron chi connectivity index (χ0n) is 10.5. The van der Waals surface area contributed by atoms with Gasteiger partial charge in [-0.05, 0) is 25.3 Å². The highest BCUT2D eigenvalue weighted by atomic mass is 16.5. The maximum atomic E-state index is 11.2. The Morgan fingerprint density at radius 1 is 1.50 bits per heavy atom. The molecule has 0 aromatic carbocycles. The summed E-state index contributed by atoms with van der Waals surface area (Å²) in [4.78, 5) is 22.3. The highest BCUT2D eigenvalue weighted by Crippen LogP contribution is 2.16. The van der Waals surface area contributed by atoms with E-state index in [0.717, 1.165) is 12.0 Å². The summed E-state index contributed by atoms with van der Waals surface area (Å²) < 4.78 is 4.48. The molecule has 5 heteroatoms. The summed E-state index contributed by atoms with van der Waals surface area (Å²) in [5, 5.41) is 12.0. The predicted molar refractivity (Wildman–Crippen MR) is 66.8 cm³/mol. The molecule has 0 spiro atoms. The second-order valence-corrected chi connectivity index (χ2v) is 3.96. The van der Waals surface area contributed by atoms with Crippen LogP contribution in [0.4, 0.5) is 0 Å². The predicted octanol–water partition coefficient (Wildman–Crippen LogP) is 1.38. The van der Waals surface area contributed by atoms with Gasteiger partial charge in [0.2, 0.25) is 0 Å². The van der Waals surface area contributed by atoms with Crippen LogP contribution in [-0.2, 0) is 14.3 Å². The molecule has 0 amide bonds. The molecule has 0 fully saturated rings. The third-order valence-corrected chi connectivity index (χ3v) is 2.56. The summed E-state index contributed by atoms with van der Waals surface area (Å²) in [6.07, 6.45) is 8.38. The Balaban J connectivity index is 2.75. The molecule has 0 unspecified atom stereocenters. The van der Waals surface area contributed by atoms with Crippen LogP contribution in [0.25, 0.3) is 0 Å². The lowest BCUT2D eigenvalue weighted by atomic mass is 9.98. The van der Waals surface area contributed by atoms with E-state index in [2.05, 4.69) is 10.1 Å². The molecule has 0 aromatic heterocycles. The molecule has 5 nitrogen and oxygen atoms in total. The first kappa shape index (κ1) is 14.0. The molecule has 98 valence electrons. The van der Waals surface area contributed by atoms with E-state index < -0.39 is 18.0 Å². The van der Waals surface area contributed by atoms with Crippen LogP contribution in [0.2, 0.25) is 0 Å². The number of methoxy groups -OCH3 is 1. The summed E-state index contributed by atoms with van der Waals surface area (Å²) in [5.74, 6) is -1.48. The second-order valence-electron chi connectivity index (χ2n) is 3.96. The van der Waals surface area contributed by atoms with Crippen LogP contribution < -0.4 is 5.32 Å². The third kappa shape index (κ3) is 4.08. The highest BCUT2D eigenvalue weighted by Gasteiger charge is 2.22. The van der Waals surface area contributed by atoms with Crippen molar-refractivity contribution in [3.05, 3.63) is 35.6 Å². The van der Waals surface area contributed by atoms with Crippen molar-refractivity contribution in [1.82, 2.24) is 5.32 Å². The van der Waals surface area contributed by atoms with Crippen molar-refractivity contribution in [1.29, 1.82) is 0 Å². The molecular weight excluding hydrogens is 234 g/mol. The topological polar surface area (TPSA) is 75.6 Å². The standard InChI is InChI=1S/C13H17NO4/c1-9(8-11(15)18-2)14-12(13(16)17)10-6-4-3-5-7-10/h3-4,7-8,12,14H,5-6H2,1-2H3,(H,16,17)/b9-8-/t12-/m0/s1. The Morgan fingerprint density at radius 3 is 2.72 bits per heavy atom. The van der Waals surface area contributed by atoms with Crippen molar-refractivity contribution < 1.29 is 19.4 Å². The van der Waals surface area contributed by atoms with Gasteiger partial charge in [-0.3, -0.25) is 0 Å².